The molecule has 0 aromatic heterocycles. The Hall–Kier alpha value is -1.51. The number of rotatable bonds is 3. The van der Waals surface area contributed by atoms with Gasteiger partial charge in [0.1, 0.15) is 0 Å². The average Bonchev–Trinajstić information content (AvgIpc) is 2.46. The number of aryl methyl sites for hydroxylation is 1. The van der Waals surface area contributed by atoms with Crippen LogP contribution in [0.5, 0.6) is 0 Å². The van der Waals surface area contributed by atoms with Crippen LogP contribution in [-0.2, 0) is 11.2 Å². The Morgan fingerprint density at radius 2 is 1.75 bits per heavy atom. The van der Waals surface area contributed by atoms with Crippen molar-refractivity contribution in [2.45, 2.75) is 32.6 Å². The van der Waals surface area contributed by atoms with E-state index in [-0.39, 0.29) is 0 Å². The van der Waals surface area contributed by atoms with Crippen molar-refractivity contribution in [2.24, 2.45) is 5.92 Å². The van der Waals surface area contributed by atoms with E-state index in [1.54, 1.807) is 0 Å². The predicted molar refractivity (Wildman–Crippen MR) is 82.0 cm³/mol. The van der Waals surface area contributed by atoms with Crippen LogP contribution in [-0.4, -0.2) is 37.0 Å². The Kier molecular flexibility index (Phi) is 3.95. The summed E-state index contributed by atoms with van der Waals surface area (Å²) >= 11 is 0. The van der Waals surface area contributed by atoms with Gasteiger partial charge in [-0.25, -0.2) is 0 Å². The van der Waals surface area contributed by atoms with E-state index in [0.29, 0.717) is 11.8 Å². The second kappa shape index (κ2) is 5.86. The molecular formula is C17H24N2O. The monoisotopic (exact) mass is 272 g/mol. The molecule has 20 heavy (non-hydrogen) atoms. The highest BCUT2D eigenvalue weighted by Crippen LogP contribution is 2.29. The highest BCUT2D eigenvalue weighted by Gasteiger charge is 2.31. The van der Waals surface area contributed by atoms with Crippen molar-refractivity contribution in [1.29, 1.82) is 0 Å². The van der Waals surface area contributed by atoms with Gasteiger partial charge in [-0.2, -0.15) is 0 Å². The molecule has 1 aliphatic heterocycles. The van der Waals surface area contributed by atoms with Gasteiger partial charge in [0.05, 0.1) is 0 Å². The van der Waals surface area contributed by atoms with Gasteiger partial charge in [-0.15, -0.1) is 0 Å². The van der Waals surface area contributed by atoms with Gasteiger partial charge in [0.15, 0.2) is 0 Å². The van der Waals surface area contributed by atoms with E-state index in [0.717, 1.165) is 45.4 Å². The Morgan fingerprint density at radius 1 is 1.10 bits per heavy atom. The van der Waals surface area contributed by atoms with Gasteiger partial charge in [-0.3, -0.25) is 4.79 Å². The smallest absolute Gasteiger partial charge is 0.225 e. The molecule has 1 aromatic rings. The highest BCUT2D eigenvalue weighted by molar-refractivity contribution is 5.79. The third-order valence-electron chi connectivity index (χ3n) is 4.76. The van der Waals surface area contributed by atoms with Gasteiger partial charge in [-0.1, -0.05) is 25.5 Å². The van der Waals surface area contributed by atoms with Crippen LogP contribution >= 0.6 is 0 Å². The number of hydrogen-bond acceptors (Lipinski definition) is 2. The summed E-state index contributed by atoms with van der Waals surface area (Å²) in [5.74, 6) is 0.739. The van der Waals surface area contributed by atoms with Crippen molar-refractivity contribution >= 4 is 11.6 Å². The number of nitrogens with zero attached hydrogens (tertiary/aromatic N) is 2. The maximum absolute atomic E-state index is 12.2. The van der Waals surface area contributed by atoms with Crippen LogP contribution in [0, 0.1) is 5.92 Å². The van der Waals surface area contributed by atoms with Gasteiger partial charge in [0, 0.05) is 37.8 Å². The third-order valence-corrected chi connectivity index (χ3v) is 4.76. The molecule has 3 heteroatoms. The first-order valence-electron chi connectivity index (χ1n) is 7.90. The fourth-order valence-corrected chi connectivity index (χ4v) is 3.04. The van der Waals surface area contributed by atoms with Gasteiger partial charge in [0.2, 0.25) is 5.91 Å². The van der Waals surface area contributed by atoms with Crippen LogP contribution in [0.3, 0.4) is 0 Å². The summed E-state index contributed by atoms with van der Waals surface area (Å²) in [6, 6.07) is 8.84. The van der Waals surface area contributed by atoms with Gasteiger partial charge in [0.25, 0.3) is 0 Å². The highest BCUT2D eigenvalue weighted by atomic mass is 16.2. The minimum absolute atomic E-state index is 0.338. The molecule has 0 bridgehead atoms. The lowest BCUT2D eigenvalue weighted by Crippen LogP contribution is -2.51. The lowest BCUT2D eigenvalue weighted by atomic mass is 9.84. The summed E-state index contributed by atoms with van der Waals surface area (Å²) in [5.41, 5.74) is 2.67. The molecular weight excluding hydrogens is 248 g/mol. The zero-order chi connectivity index (χ0) is 13.9. The number of anilines is 1. The number of benzene rings is 1. The Labute approximate surface area is 121 Å². The first-order valence-corrected chi connectivity index (χ1v) is 7.90. The zero-order valence-corrected chi connectivity index (χ0v) is 12.3. The topological polar surface area (TPSA) is 23.6 Å². The van der Waals surface area contributed by atoms with Gasteiger partial charge >= 0.3 is 0 Å². The number of piperazine rings is 1. The summed E-state index contributed by atoms with van der Waals surface area (Å²) in [7, 11) is 0. The van der Waals surface area contributed by atoms with Crippen molar-refractivity contribution in [3.05, 3.63) is 29.8 Å². The van der Waals surface area contributed by atoms with Crippen LogP contribution in [0.4, 0.5) is 5.69 Å². The summed E-state index contributed by atoms with van der Waals surface area (Å²) in [6.07, 6.45) is 4.54. The minimum Gasteiger partial charge on any atom is -0.368 e. The SMILES string of the molecule is CCc1ccc(N2CCN(C(=O)C3CCC3)CC2)cc1. The van der Waals surface area contributed by atoms with Gasteiger partial charge < -0.3 is 9.80 Å². The molecule has 1 saturated heterocycles. The summed E-state index contributed by atoms with van der Waals surface area (Å²) in [4.78, 5) is 16.7. The Morgan fingerprint density at radius 3 is 2.25 bits per heavy atom. The lowest BCUT2D eigenvalue weighted by molar-refractivity contribution is -0.138. The molecule has 0 radical (unpaired) electrons. The molecule has 1 amide bonds. The number of hydrogen-bond donors (Lipinski definition) is 0. The average molecular weight is 272 g/mol. The molecule has 0 unspecified atom stereocenters. The second-order valence-electron chi connectivity index (χ2n) is 5.96. The molecule has 1 aromatic carbocycles. The normalized spacial score (nSPS) is 19.9. The van der Waals surface area contributed by atoms with Crippen LogP contribution < -0.4 is 4.90 Å². The molecule has 0 spiro atoms. The van der Waals surface area contributed by atoms with Crippen LogP contribution in [0.15, 0.2) is 24.3 Å². The van der Waals surface area contributed by atoms with E-state index in [1.807, 2.05) is 0 Å². The number of carbonyl (C=O) groups is 1. The fourth-order valence-electron chi connectivity index (χ4n) is 3.04. The molecule has 1 heterocycles. The van der Waals surface area contributed by atoms with E-state index in [1.165, 1.54) is 17.7 Å². The van der Waals surface area contributed by atoms with E-state index < -0.39 is 0 Å². The number of carbonyl (C=O) groups excluding carboxylic acids is 1. The fraction of sp³-hybridized carbons (Fsp3) is 0.588. The number of amides is 1. The largest absolute Gasteiger partial charge is 0.368 e. The standard InChI is InChI=1S/C17H24N2O/c1-2-14-6-8-16(9-7-14)18-10-12-19(13-11-18)17(20)15-4-3-5-15/h6-9,15H,2-5,10-13H2,1H3. The second-order valence-corrected chi connectivity index (χ2v) is 5.96. The maximum Gasteiger partial charge on any atom is 0.225 e. The van der Waals surface area contributed by atoms with E-state index in [4.69, 9.17) is 0 Å². The van der Waals surface area contributed by atoms with Crippen molar-refractivity contribution < 1.29 is 4.79 Å². The Balaban J connectivity index is 1.55. The molecule has 3 nitrogen and oxygen atoms in total. The van der Waals surface area contributed by atoms with Crippen LogP contribution in [0.2, 0.25) is 0 Å². The van der Waals surface area contributed by atoms with Gasteiger partial charge in [-0.05, 0) is 37.0 Å². The quantitative estimate of drug-likeness (QED) is 0.844. The summed E-state index contributed by atoms with van der Waals surface area (Å²) in [6.45, 7) is 5.86. The first kappa shape index (κ1) is 13.5. The lowest BCUT2D eigenvalue weighted by Gasteiger charge is -2.39. The minimum atomic E-state index is 0.338. The molecule has 1 aliphatic carbocycles. The molecule has 2 fully saturated rings. The molecule has 2 aliphatic rings. The molecule has 0 N–H and O–H groups in total. The van der Waals surface area contributed by atoms with Crippen molar-refractivity contribution in [2.75, 3.05) is 31.1 Å². The van der Waals surface area contributed by atoms with Crippen LogP contribution in [0.1, 0.15) is 31.7 Å². The first-order chi connectivity index (χ1) is 9.78. The van der Waals surface area contributed by atoms with Crippen LogP contribution in [0.25, 0.3) is 0 Å². The maximum atomic E-state index is 12.2. The summed E-state index contributed by atoms with van der Waals surface area (Å²) < 4.78 is 0. The molecule has 108 valence electrons. The predicted octanol–water partition coefficient (Wildman–Crippen LogP) is 2.70. The Bertz CT molecular complexity index is 456. The third kappa shape index (κ3) is 2.67. The summed E-state index contributed by atoms with van der Waals surface area (Å²) in [5, 5.41) is 0. The van der Waals surface area contributed by atoms with Crippen molar-refractivity contribution in [3.63, 3.8) is 0 Å². The zero-order valence-electron chi connectivity index (χ0n) is 12.3. The molecule has 1 saturated carbocycles. The van der Waals surface area contributed by atoms with Crippen molar-refractivity contribution in [3.8, 4) is 0 Å². The molecule has 3 rings (SSSR count). The van der Waals surface area contributed by atoms with E-state index in [2.05, 4.69) is 41.0 Å². The van der Waals surface area contributed by atoms with E-state index in [9.17, 15) is 4.79 Å². The van der Waals surface area contributed by atoms with Crippen molar-refractivity contribution in [1.82, 2.24) is 4.90 Å². The molecule has 0 atom stereocenters. The van der Waals surface area contributed by atoms with E-state index >= 15 is 0 Å².